The minimum atomic E-state index is -4.90. The number of amides is 2. The molecule has 2 aliphatic rings. The third-order valence-corrected chi connectivity index (χ3v) is 5.13. The van der Waals surface area contributed by atoms with Gasteiger partial charge in [0.25, 0.3) is 0 Å². The zero-order chi connectivity index (χ0) is 19.0. The third kappa shape index (κ3) is 4.56. The molecule has 0 saturated carbocycles. The van der Waals surface area contributed by atoms with Crippen molar-refractivity contribution in [3.05, 3.63) is 0 Å². The highest BCUT2D eigenvalue weighted by atomic mass is 32.3. The van der Waals surface area contributed by atoms with Crippen molar-refractivity contribution >= 4 is 38.3 Å². The van der Waals surface area contributed by atoms with Gasteiger partial charge in [0.1, 0.15) is 5.84 Å². The summed E-state index contributed by atoms with van der Waals surface area (Å²) in [5.41, 5.74) is 0. The van der Waals surface area contributed by atoms with E-state index in [0.29, 0.717) is 5.06 Å². The van der Waals surface area contributed by atoms with Crippen LogP contribution in [0.1, 0.15) is 12.8 Å². The standard InChI is InChI=1S/C10H16N4O9S2/c1-22-8(15)5-24(17,18)12-9(11)7-3-2-6-4-13(7)10(16)14(6)23-25(19,20)21/h6-7H,2-5H2,1H3,(H2,11,12)(H,19,20,21)/t6-,7+/m1/s1. The zero-order valence-corrected chi connectivity index (χ0v) is 14.5. The van der Waals surface area contributed by atoms with Gasteiger partial charge in [0.15, 0.2) is 5.75 Å². The van der Waals surface area contributed by atoms with Crippen LogP contribution in [0.5, 0.6) is 0 Å². The first kappa shape index (κ1) is 19.4. The number of hydroxylamine groups is 2. The van der Waals surface area contributed by atoms with Crippen molar-refractivity contribution < 1.29 is 40.0 Å². The predicted octanol–water partition coefficient (Wildman–Crippen LogP) is -1.94. The van der Waals surface area contributed by atoms with Crippen molar-refractivity contribution in [3.63, 3.8) is 0 Å². The fourth-order valence-electron chi connectivity index (χ4n) is 2.62. The summed E-state index contributed by atoms with van der Waals surface area (Å²) in [6, 6.07) is -2.57. The van der Waals surface area contributed by atoms with Crippen LogP contribution in [0.25, 0.3) is 0 Å². The van der Waals surface area contributed by atoms with Crippen molar-refractivity contribution in [2.75, 3.05) is 19.4 Å². The topological polar surface area (TPSA) is 183 Å². The van der Waals surface area contributed by atoms with Gasteiger partial charge in [-0.15, -0.1) is 4.28 Å². The molecule has 15 heteroatoms. The second-order valence-electron chi connectivity index (χ2n) is 5.36. The van der Waals surface area contributed by atoms with Gasteiger partial charge in [-0.1, -0.05) is 0 Å². The van der Waals surface area contributed by atoms with E-state index in [0.717, 1.165) is 12.0 Å². The predicted molar refractivity (Wildman–Crippen MR) is 80.0 cm³/mol. The van der Waals surface area contributed by atoms with Gasteiger partial charge in [-0.05, 0) is 12.8 Å². The number of carbonyl (C=O) groups is 2. The molecule has 2 atom stereocenters. The summed E-state index contributed by atoms with van der Waals surface area (Å²) in [5, 5.41) is 8.34. The number of piperidine rings is 1. The van der Waals surface area contributed by atoms with E-state index in [2.05, 4.69) is 9.02 Å². The molecule has 13 nitrogen and oxygen atoms in total. The second-order valence-corrected chi connectivity index (χ2v) is 8.09. The highest BCUT2D eigenvalue weighted by Gasteiger charge is 2.48. The van der Waals surface area contributed by atoms with E-state index >= 15 is 0 Å². The molecule has 0 aromatic carbocycles. The Morgan fingerprint density at radius 3 is 2.56 bits per heavy atom. The maximum atomic E-state index is 12.2. The number of rotatable bonds is 6. The van der Waals surface area contributed by atoms with Crippen molar-refractivity contribution in [1.82, 2.24) is 14.7 Å². The van der Waals surface area contributed by atoms with Crippen LogP contribution in [0.3, 0.4) is 0 Å². The van der Waals surface area contributed by atoms with Gasteiger partial charge in [-0.2, -0.15) is 13.5 Å². The highest BCUT2D eigenvalue weighted by molar-refractivity contribution is 7.90. The lowest BCUT2D eigenvalue weighted by molar-refractivity contribution is -0.137. The molecule has 0 unspecified atom stereocenters. The van der Waals surface area contributed by atoms with Crippen LogP contribution >= 0.6 is 0 Å². The first-order valence-electron chi connectivity index (χ1n) is 6.86. The molecule has 2 saturated heterocycles. The Labute approximate surface area is 143 Å². The molecule has 0 aromatic rings. The molecule has 3 N–H and O–H groups in total. The van der Waals surface area contributed by atoms with E-state index in [1.807, 2.05) is 4.72 Å². The van der Waals surface area contributed by atoms with Crippen molar-refractivity contribution in [3.8, 4) is 0 Å². The van der Waals surface area contributed by atoms with Gasteiger partial charge in [-0.3, -0.25) is 19.5 Å². The second kappa shape index (κ2) is 6.74. The van der Waals surface area contributed by atoms with Gasteiger partial charge >= 0.3 is 22.4 Å². The van der Waals surface area contributed by atoms with E-state index < -0.39 is 56.1 Å². The SMILES string of the molecule is COC(=O)CS(=O)(=O)NC(=N)[C@@H]1CC[C@@H]2CN1C(=O)N2OS(=O)(=O)O. The van der Waals surface area contributed by atoms with Gasteiger partial charge < -0.3 is 9.64 Å². The third-order valence-electron chi connectivity index (χ3n) is 3.63. The number of urea groups is 1. The number of nitrogens with one attached hydrogen (secondary N) is 2. The summed E-state index contributed by atoms with van der Waals surface area (Å²) in [6.45, 7) is -0.0138. The number of hydrogen-bond donors (Lipinski definition) is 3. The van der Waals surface area contributed by atoms with Crippen LogP contribution in [0.2, 0.25) is 0 Å². The number of esters is 1. The average molecular weight is 400 g/mol. The number of nitrogens with zero attached hydrogens (tertiary/aromatic N) is 2. The number of methoxy groups -OCH3 is 1. The molecule has 0 aliphatic carbocycles. The molecular weight excluding hydrogens is 384 g/mol. The zero-order valence-electron chi connectivity index (χ0n) is 12.9. The first-order chi connectivity index (χ1) is 11.4. The molecule has 2 bridgehead atoms. The number of fused-ring (bicyclic) bond motifs is 2. The Balaban J connectivity index is 2.09. The smallest absolute Gasteiger partial charge is 0.418 e. The van der Waals surface area contributed by atoms with Crippen LogP contribution in [0.4, 0.5) is 4.79 Å². The maximum absolute atomic E-state index is 12.2. The van der Waals surface area contributed by atoms with E-state index in [9.17, 15) is 26.4 Å². The van der Waals surface area contributed by atoms with Crippen LogP contribution in [0.15, 0.2) is 0 Å². The largest absolute Gasteiger partial charge is 0.468 e. The monoisotopic (exact) mass is 400 g/mol. The normalized spacial score (nSPS) is 23.5. The summed E-state index contributed by atoms with van der Waals surface area (Å²) in [4.78, 5) is 24.3. The van der Waals surface area contributed by atoms with Gasteiger partial charge in [0.05, 0.1) is 19.2 Å². The average Bonchev–Trinajstić information content (AvgIpc) is 2.69. The molecule has 0 radical (unpaired) electrons. The fourth-order valence-corrected chi connectivity index (χ4v) is 3.98. The number of amidine groups is 1. The van der Waals surface area contributed by atoms with E-state index in [-0.39, 0.29) is 19.4 Å². The summed E-state index contributed by atoms with van der Waals surface area (Å²) >= 11 is 0. The maximum Gasteiger partial charge on any atom is 0.418 e. The molecule has 2 heterocycles. The first-order valence-corrected chi connectivity index (χ1v) is 9.88. The Bertz CT molecular complexity index is 793. The Kier molecular flexibility index (Phi) is 5.22. The lowest BCUT2D eigenvalue weighted by Crippen LogP contribution is -2.51. The summed E-state index contributed by atoms with van der Waals surface area (Å²) in [6.07, 6.45) is 0.366. The van der Waals surface area contributed by atoms with E-state index in [1.165, 1.54) is 0 Å². The number of ether oxygens (including phenoxy) is 1. The van der Waals surface area contributed by atoms with Crippen LogP contribution in [0, 0.1) is 5.41 Å². The molecule has 0 spiro atoms. The Morgan fingerprint density at radius 1 is 1.36 bits per heavy atom. The van der Waals surface area contributed by atoms with Crippen molar-refractivity contribution in [1.29, 1.82) is 5.41 Å². The minimum absolute atomic E-state index is 0.0138. The molecule has 2 aliphatic heterocycles. The molecular formula is C10H16N4O9S2. The van der Waals surface area contributed by atoms with Crippen LogP contribution in [-0.4, -0.2) is 80.7 Å². The number of sulfonamides is 1. The molecule has 2 fully saturated rings. The lowest BCUT2D eigenvalue weighted by atomic mass is 10.0. The molecule has 0 aromatic heterocycles. The number of carbonyl (C=O) groups excluding carboxylic acids is 2. The van der Waals surface area contributed by atoms with E-state index in [1.54, 1.807) is 0 Å². The molecule has 2 amide bonds. The van der Waals surface area contributed by atoms with Gasteiger partial charge in [-0.25, -0.2) is 13.2 Å². The molecule has 2 rings (SSSR count). The van der Waals surface area contributed by atoms with Gasteiger partial charge in [0, 0.05) is 6.54 Å². The number of hydrogen-bond acceptors (Lipinski definition) is 9. The highest BCUT2D eigenvalue weighted by Crippen LogP contribution is 2.30. The summed E-state index contributed by atoms with van der Waals surface area (Å²) in [5.74, 6) is -2.56. The fraction of sp³-hybridized carbons (Fsp3) is 0.700. The van der Waals surface area contributed by atoms with Crippen LogP contribution < -0.4 is 4.72 Å². The van der Waals surface area contributed by atoms with Crippen molar-refractivity contribution in [2.24, 2.45) is 0 Å². The van der Waals surface area contributed by atoms with Gasteiger partial charge in [0.2, 0.25) is 10.0 Å². The molecule has 25 heavy (non-hydrogen) atoms. The van der Waals surface area contributed by atoms with Crippen molar-refractivity contribution in [2.45, 2.75) is 24.9 Å². The molecule has 142 valence electrons. The summed E-state index contributed by atoms with van der Waals surface area (Å²) < 4.78 is 64.2. The quantitative estimate of drug-likeness (QED) is 0.197. The Hall–Kier alpha value is -1.97. The van der Waals surface area contributed by atoms with Crippen LogP contribution in [-0.2, 0) is 34.2 Å². The van der Waals surface area contributed by atoms with E-state index in [4.69, 9.17) is 9.96 Å². The Morgan fingerprint density at radius 2 is 2.00 bits per heavy atom. The minimum Gasteiger partial charge on any atom is -0.468 e. The summed E-state index contributed by atoms with van der Waals surface area (Å²) in [7, 11) is -8.08. The lowest BCUT2D eigenvalue weighted by Gasteiger charge is -2.30.